The number of aryl methyl sites for hydroxylation is 1. The van der Waals surface area contributed by atoms with Gasteiger partial charge in [-0.1, -0.05) is 13.8 Å². The fourth-order valence-electron chi connectivity index (χ4n) is 3.00. The highest BCUT2D eigenvalue weighted by Crippen LogP contribution is 2.25. The number of aliphatic hydroxyl groups excluding tert-OH is 1. The first kappa shape index (κ1) is 17.5. The summed E-state index contributed by atoms with van der Waals surface area (Å²) in [4.78, 5) is 10.2. The lowest BCUT2D eigenvalue weighted by molar-refractivity contribution is 0.0899. The van der Waals surface area contributed by atoms with Crippen molar-refractivity contribution < 1.29 is 9.52 Å². The second-order valence-electron chi connectivity index (χ2n) is 6.77. The topological polar surface area (TPSA) is 78.5 Å². The fraction of sp³-hybridized carbons (Fsp3) is 0.688. The van der Waals surface area contributed by atoms with Gasteiger partial charge in [0, 0.05) is 37.1 Å². The van der Waals surface area contributed by atoms with Gasteiger partial charge < -0.3 is 9.52 Å². The number of likely N-dealkylation sites (tertiary alicyclic amines) is 1. The van der Waals surface area contributed by atoms with Crippen molar-refractivity contribution in [3.05, 3.63) is 27.9 Å². The van der Waals surface area contributed by atoms with Crippen LogP contribution in [0.2, 0.25) is 0 Å². The Labute approximate surface area is 146 Å². The Balaban J connectivity index is 1.57. The molecule has 3 rings (SSSR count). The fourth-order valence-corrected chi connectivity index (χ4v) is 3.96. The van der Waals surface area contributed by atoms with Gasteiger partial charge >= 0.3 is 0 Å². The minimum absolute atomic E-state index is 0.0572. The zero-order valence-corrected chi connectivity index (χ0v) is 15.5. The molecule has 7 nitrogen and oxygen atoms in total. The van der Waals surface area contributed by atoms with Gasteiger partial charge in [-0.2, -0.15) is 0 Å². The Morgan fingerprint density at radius 2 is 2.21 bits per heavy atom. The summed E-state index contributed by atoms with van der Waals surface area (Å²) in [5.41, 5.74) is 0. The minimum Gasteiger partial charge on any atom is -0.424 e. The molecule has 2 aromatic heterocycles. The van der Waals surface area contributed by atoms with Crippen molar-refractivity contribution in [3.63, 3.8) is 0 Å². The van der Waals surface area contributed by atoms with Crippen molar-refractivity contribution in [1.82, 2.24) is 25.0 Å². The largest absolute Gasteiger partial charge is 0.424 e. The number of aliphatic hydroxyl groups is 1. The van der Waals surface area contributed by atoms with Crippen molar-refractivity contribution in [3.8, 4) is 0 Å². The van der Waals surface area contributed by atoms with Crippen LogP contribution >= 0.6 is 11.3 Å². The third-order valence-corrected chi connectivity index (χ3v) is 5.64. The van der Waals surface area contributed by atoms with Crippen LogP contribution in [-0.2, 0) is 13.1 Å². The Kier molecular flexibility index (Phi) is 5.29. The van der Waals surface area contributed by atoms with Crippen LogP contribution in [0.5, 0.6) is 0 Å². The number of rotatable bonds is 6. The van der Waals surface area contributed by atoms with E-state index in [0.29, 0.717) is 30.8 Å². The zero-order chi connectivity index (χ0) is 17.3. The summed E-state index contributed by atoms with van der Waals surface area (Å²) in [5, 5.41) is 19.4. The lowest BCUT2D eigenvalue weighted by Crippen LogP contribution is -2.40. The standard InChI is InChI=1S/C16H25N5O2S/c1-10(2)14-5-17-16(24-14)9-21-6-12(13(22)7-21)20(4)8-15-19-18-11(3)23-15/h5,10,12-13,22H,6-9H2,1-4H3/t12?,13-/m1/s1. The van der Waals surface area contributed by atoms with Crippen molar-refractivity contribution in [2.45, 2.75) is 51.9 Å². The summed E-state index contributed by atoms with van der Waals surface area (Å²) in [6, 6.07) is 0.0572. The molecule has 1 aliphatic rings. The zero-order valence-electron chi connectivity index (χ0n) is 14.6. The highest BCUT2D eigenvalue weighted by molar-refractivity contribution is 7.11. The van der Waals surface area contributed by atoms with E-state index in [0.717, 1.165) is 18.1 Å². The Bertz CT molecular complexity index is 671. The van der Waals surface area contributed by atoms with E-state index in [1.807, 2.05) is 13.2 Å². The number of hydrogen-bond acceptors (Lipinski definition) is 8. The molecule has 1 aliphatic heterocycles. The molecule has 0 bridgehead atoms. The predicted octanol–water partition coefficient (Wildman–Crippen LogP) is 1.64. The molecule has 1 fully saturated rings. The molecular weight excluding hydrogens is 326 g/mol. The molecule has 0 saturated carbocycles. The smallest absolute Gasteiger partial charge is 0.230 e. The van der Waals surface area contributed by atoms with E-state index in [9.17, 15) is 5.11 Å². The molecule has 1 unspecified atom stereocenters. The molecule has 2 aromatic rings. The number of likely N-dealkylation sites (N-methyl/N-ethyl adjacent to an activating group) is 1. The molecule has 24 heavy (non-hydrogen) atoms. The van der Waals surface area contributed by atoms with E-state index in [1.54, 1.807) is 18.3 Å². The molecule has 0 amide bonds. The molecule has 132 valence electrons. The molecule has 1 N–H and O–H groups in total. The predicted molar refractivity (Wildman–Crippen MR) is 91.8 cm³/mol. The molecule has 3 heterocycles. The Hall–Kier alpha value is -1.35. The van der Waals surface area contributed by atoms with E-state index < -0.39 is 0 Å². The van der Waals surface area contributed by atoms with Crippen LogP contribution in [0.4, 0.5) is 0 Å². The first-order chi connectivity index (χ1) is 11.4. The van der Waals surface area contributed by atoms with Gasteiger partial charge in [0.2, 0.25) is 11.8 Å². The first-order valence-corrected chi connectivity index (χ1v) is 9.08. The van der Waals surface area contributed by atoms with Gasteiger partial charge in [0.15, 0.2) is 0 Å². The van der Waals surface area contributed by atoms with Crippen molar-refractivity contribution in [1.29, 1.82) is 0 Å². The van der Waals surface area contributed by atoms with Crippen LogP contribution in [0.25, 0.3) is 0 Å². The number of nitrogens with zero attached hydrogens (tertiary/aromatic N) is 5. The summed E-state index contributed by atoms with van der Waals surface area (Å²) in [6.07, 6.45) is 1.59. The average Bonchev–Trinajstić information content (AvgIpc) is 3.21. The molecule has 8 heteroatoms. The number of thiazole rings is 1. The molecular formula is C16H25N5O2S. The van der Waals surface area contributed by atoms with Crippen LogP contribution in [-0.4, -0.2) is 62.4 Å². The first-order valence-electron chi connectivity index (χ1n) is 8.26. The quantitative estimate of drug-likeness (QED) is 0.847. The van der Waals surface area contributed by atoms with Gasteiger partial charge in [-0.25, -0.2) is 4.98 Å². The van der Waals surface area contributed by atoms with E-state index in [4.69, 9.17) is 4.42 Å². The maximum atomic E-state index is 10.4. The molecule has 0 aliphatic carbocycles. The summed E-state index contributed by atoms with van der Waals surface area (Å²) >= 11 is 1.76. The summed E-state index contributed by atoms with van der Waals surface area (Å²) in [7, 11) is 1.98. The third kappa shape index (κ3) is 4.00. The van der Waals surface area contributed by atoms with E-state index in [2.05, 4.69) is 38.8 Å². The third-order valence-electron chi connectivity index (χ3n) is 4.35. The van der Waals surface area contributed by atoms with Crippen molar-refractivity contribution in [2.24, 2.45) is 0 Å². The average molecular weight is 351 g/mol. The monoisotopic (exact) mass is 351 g/mol. The lowest BCUT2D eigenvalue weighted by Gasteiger charge is -2.24. The second kappa shape index (κ2) is 7.26. The molecule has 0 radical (unpaired) electrons. The van der Waals surface area contributed by atoms with Gasteiger partial charge in [-0.05, 0) is 13.0 Å². The number of aromatic nitrogens is 3. The van der Waals surface area contributed by atoms with Crippen LogP contribution in [0.15, 0.2) is 10.6 Å². The maximum Gasteiger partial charge on any atom is 0.230 e. The van der Waals surface area contributed by atoms with E-state index in [-0.39, 0.29) is 12.1 Å². The molecule has 0 aromatic carbocycles. The minimum atomic E-state index is -0.386. The highest BCUT2D eigenvalue weighted by Gasteiger charge is 2.34. The van der Waals surface area contributed by atoms with Crippen LogP contribution in [0.3, 0.4) is 0 Å². The van der Waals surface area contributed by atoms with Crippen LogP contribution < -0.4 is 0 Å². The molecule has 1 saturated heterocycles. The van der Waals surface area contributed by atoms with E-state index >= 15 is 0 Å². The summed E-state index contributed by atoms with van der Waals surface area (Å²) in [5.74, 6) is 1.66. The summed E-state index contributed by atoms with van der Waals surface area (Å²) < 4.78 is 5.43. The maximum absolute atomic E-state index is 10.4. The van der Waals surface area contributed by atoms with Crippen LogP contribution in [0, 0.1) is 6.92 Å². The Morgan fingerprint density at radius 1 is 1.42 bits per heavy atom. The van der Waals surface area contributed by atoms with Gasteiger partial charge in [0.1, 0.15) is 5.01 Å². The van der Waals surface area contributed by atoms with Crippen molar-refractivity contribution in [2.75, 3.05) is 20.1 Å². The number of β-amino-alcohol motifs (C(OH)–C–C–N with tert-alkyl or cyclic N) is 1. The van der Waals surface area contributed by atoms with Gasteiger partial charge in [0.25, 0.3) is 0 Å². The lowest BCUT2D eigenvalue weighted by atomic mass is 10.2. The van der Waals surface area contributed by atoms with E-state index in [1.165, 1.54) is 4.88 Å². The SMILES string of the molecule is Cc1nnc(CN(C)C2CN(Cc3ncc(C(C)C)s3)C[C@H]2O)o1. The van der Waals surface area contributed by atoms with Crippen LogP contribution in [0.1, 0.15) is 41.4 Å². The summed E-state index contributed by atoms with van der Waals surface area (Å²) in [6.45, 7) is 8.95. The number of hydrogen-bond donors (Lipinski definition) is 1. The van der Waals surface area contributed by atoms with Gasteiger partial charge in [-0.15, -0.1) is 21.5 Å². The van der Waals surface area contributed by atoms with Gasteiger partial charge in [0.05, 0.1) is 19.2 Å². The van der Waals surface area contributed by atoms with Gasteiger partial charge in [-0.3, -0.25) is 9.80 Å². The Morgan fingerprint density at radius 3 is 2.83 bits per heavy atom. The molecule has 0 spiro atoms. The molecule has 2 atom stereocenters. The second-order valence-corrected chi connectivity index (χ2v) is 7.92. The normalized spacial score (nSPS) is 22.1. The van der Waals surface area contributed by atoms with Crippen molar-refractivity contribution >= 4 is 11.3 Å². The highest BCUT2D eigenvalue weighted by atomic mass is 32.1.